The first kappa shape index (κ1) is 34.8. The van der Waals surface area contributed by atoms with Crippen LogP contribution in [0.4, 0.5) is 0 Å². The molecule has 0 aromatic rings. The molecule has 4 saturated heterocycles. The normalized spacial score (nSPS) is 23.8. The number of rotatable bonds is 26. The molecule has 0 aromatic heterocycles. The molecule has 4 aliphatic rings. The van der Waals surface area contributed by atoms with Crippen LogP contribution in [0.2, 0.25) is 0 Å². The highest BCUT2D eigenvalue weighted by atomic mass is 16.6. The highest BCUT2D eigenvalue weighted by Gasteiger charge is 2.26. The topological polar surface area (TPSA) is 137 Å². The average Bonchev–Trinajstić information content (AvgIpc) is 3.78. The lowest BCUT2D eigenvalue weighted by molar-refractivity contribution is -0.00457. The maximum atomic E-state index is 8.51. The highest BCUT2D eigenvalue weighted by Crippen LogP contribution is 2.12. The number of aliphatic hydroxyl groups excluding tert-OH is 2. The zero-order valence-electron chi connectivity index (χ0n) is 23.8. The van der Waals surface area contributed by atoms with E-state index < -0.39 is 0 Å². The lowest BCUT2D eigenvalue weighted by Gasteiger charge is -2.06. The van der Waals surface area contributed by atoms with Gasteiger partial charge in [0.05, 0.1) is 92.5 Å². The molecule has 0 spiro atoms. The van der Waals surface area contributed by atoms with E-state index in [-0.39, 0.29) is 0 Å². The van der Waals surface area contributed by atoms with E-state index in [1.807, 2.05) is 0 Å². The summed E-state index contributed by atoms with van der Waals surface area (Å²) in [6, 6.07) is 0. The van der Waals surface area contributed by atoms with Crippen LogP contribution in [0.25, 0.3) is 0 Å². The van der Waals surface area contributed by atoms with Gasteiger partial charge in [-0.3, -0.25) is 0 Å². The summed E-state index contributed by atoms with van der Waals surface area (Å²) in [4.78, 5) is 0. The molecular formula is C28H54O11. The SMILES string of the molecule is C(COCCOCC1CO1)OCCOCC1CO1.C(OCC1CO1)C1CO1.OCCCCCCCCCCO. The fourth-order valence-corrected chi connectivity index (χ4v) is 3.26. The van der Waals surface area contributed by atoms with E-state index in [0.717, 1.165) is 65.3 Å². The molecule has 0 bridgehead atoms. The van der Waals surface area contributed by atoms with Crippen LogP contribution in [0.15, 0.2) is 0 Å². The third-order valence-corrected chi connectivity index (χ3v) is 6.01. The van der Waals surface area contributed by atoms with Crippen LogP contribution in [0.3, 0.4) is 0 Å². The molecule has 0 aromatic carbocycles. The van der Waals surface area contributed by atoms with Crippen LogP contribution in [0.1, 0.15) is 51.4 Å². The molecule has 2 N–H and O–H groups in total. The number of epoxide rings is 4. The first-order valence-corrected chi connectivity index (χ1v) is 14.9. The largest absolute Gasteiger partial charge is 0.396 e. The lowest BCUT2D eigenvalue weighted by Crippen LogP contribution is -2.13. The Labute approximate surface area is 234 Å². The second kappa shape index (κ2) is 25.3. The van der Waals surface area contributed by atoms with Crippen molar-refractivity contribution < 1.29 is 52.8 Å². The smallest absolute Gasteiger partial charge is 0.104 e. The summed E-state index contributed by atoms with van der Waals surface area (Å²) in [5, 5.41) is 17.0. The van der Waals surface area contributed by atoms with E-state index in [9.17, 15) is 0 Å². The Morgan fingerprint density at radius 2 is 0.641 bits per heavy atom. The molecule has 0 amide bonds. The summed E-state index contributed by atoms with van der Waals surface area (Å²) in [5.74, 6) is 0. The van der Waals surface area contributed by atoms with Crippen LogP contribution < -0.4 is 0 Å². The average molecular weight is 567 g/mol. The Kier molecular flexibility index (Phi) is 22.5. The van der Waals surface area contributed by atoms with E-state index in [1.54, 1.807) is 0 Å². The highest BCUT2D eigenvalue weighted by molar-refractivity contribution is 4.71. The van der Waals surface area contributed by atoms with Gasteiger partial charge in [0.15, 0.2) is 0 Å². The Bertz CT molecular complexity index is 468. The molecule has 4 rings (SSSR count). The van der Waals surface area contributed by atoms with Crippen molar-refractivity contribution in [3.63, 3.8) is 0 Å². The van der Waals surface area contributed by atoms with Crippen molar-refractivity contribution >= 4 is 0 Å². The monoisotopic (exact) mass is 566 g/mol. The zero-order valence-corrected chi connectivity index (χ0v) is 23.8. The second-order valence-electron chi connectivity index (χ2n) is 10.0. The van der Waals surface area contributed by atoms with Crippen LogP contribution >= 0.6 is 0 Å². The first-order valence-electron chi connectivity index (χ1n) is 14.9. The minimum atomic E-state index is 0.328. The number of aliphatic hydroxyl groups is 2. The van der Waals surface area contributed by atoms with Crippen molar-refractivity contribution in [1.29, 1.82) is 0 Å². The van der Waals surface area contributed by atoms with Gasteiger partial charge >= 0.3 is 0 Å². The van der Waals surface area contributed by atoms with E-state index in [0.29, 0.717) is 90.5 Å². The molecule has 0 saturated carbocycles. The Morgan fingerprint density at radius 1 is 0.385 bits per heavy atom. The predicted octanol–water partition coefficient (Wildman–Crippen LogP) is 1.74. The molecule has 4 fully saturated rings. The maximum Gasteiger partial charge on any atom is 0.104 e. The van der Waals surface area contributed by atoms with Crippen LogP contribution in [-0.4, -0.2) is 140 Å². The number of unbranched alkanes of at least 4 members (excludes halogenated alkanes) is 7. The van der Waals surface area contributed by atoms with Crippen molar-refractivity contribution in [2.24, 2.45) is 0 Å². The van der Waals surface area contributed by atoms with Gasteiger partial charge in [-0.2, -0.15) is 0 Å². The summed E-state index contributed by atoms with van der Waals surface area (Å²) in [7, 11) is 0. The number of ether oxygens (including phenoxy) is 9. The van der Waals surface area contributed by atoms with E-state index in [2.05, 4.69) is 0 Å². The van der Waals surface area contributed by atoms with Gasteiger partial charge in [-0.1, -0.05) is 38.5 Å². The van der Waals surface area contributed by atoms with Crippen LogP contribution in [0.5, 0.6) is 0 Å². The maximum absolute atomic E-state index is 8.51. The fourth-order valence-electron chi connectivity index (χ4n) is 3.26. The van der Waals surface area contributed by atoms with Gasteiger partial charge in [-0.25, -0.2) is 0 Å². The van der Waals surface area contributed by atoms with Gasteiger partial charge in [0.1, 0.15) is 24.4 Å². The molecule has 11 nitrogen and oxygen atoms in total. The molecule has 0 aliphatic carbocycles. The molecule has 11 heteroatoms. The van der Waals surface area contributed by atoms with E-state index in [1.165, 1.54) is 25.7 Å². The van der Waals surface area contributed by atoms with Gasteiger partial charge in [0, 0.05) is 13.2 Å². The third-order valence-electron chi connectivity index (χ3n) is 6.01. The molecule has 39 heavy (non-hydrogen) atoms. The van der Waals surface area contributed by atoms with Crippen molar-refractivity contribution in [1.82, 2.24) is 0 Å². The van der Waals surface area contributed by atoms with Gasteiger partial charge in [-0.15, -0.1) is 0 Å². The summed E-state index contributed by atoms with van der Waals surface area (Å²) < 4.78 is 46.5. The lowest BCUT2D eigenvalue weighted by atomic mass is 10.1. The molecule has 4 atom stereocenters. The predicted molar refractivity (Wildman–Crippen MR) is 144 cm³/mol. The van der Waals surface area contributed by atoms with Crippen LogP contribution in [-0.2, 0) is 42.6 Å². The molecular weight excluding hydrogens is 512 g/mol. The molecule has 4 aliphatic heterocycles. The summed E-state index contributed by atoms with van der Waals surface area (Å²) in [6.07, 6.45) is 10.7. The summed E-state index contributed by atoms with van der Waals surface area (Å²) >= 11 is 0. The first-order chi connectivity index (χ1) is 19.3. The Morgan fingerprint density at radius 3 is 0.923 bits per heavy atom. The van der Waals surface area contributed by atoms with Gasteiger partial charge in [0.2, 0.25) is 0 Å². The fraction of sp³-hybridized carbons (Fsp3) is 1.00. The third kappa shape index (κ3) is 27.5. The van der Waals surface area contributed by atoms with E-state index >= 15 is 0 Å². The van der Waals surface area contributed by atoms with Gasteiger partial charge in [-0.05, 0) is 12.8 Å². The molecule has 4 heterocycles. The molecule has 232 valence electrons. The quantitative estimate of drug-likeness (QED) is 0.117. The molecule has 4 unspecified atom stereocenters. The van der Waals surface area contributed by atoms with Crippen molar-refractivity contribution in [2.75, 3.05) is 106 Å². The Balaban J connectivity index is 0.000000219. The molecule has 0 radical (unpaired) electrons. The summed E-state index contributed by atoms with van der Waals surface area (Å²) in [5.41, 5.74) is 0. The van der Waals surface area contributed by atoms with Crippen molar-refractivity contribution in [2.45, 2.75) is 75.8 Å². The number of hydrogen-bond donors (Lipinski definition) is 2. The summed E-state index contributed by atoms with van der Waals surface area (Å²) in [6.45, 7) is 10.6. The zero-order chi connectivity index (χ0) is 27.6. The standard InChI is InChI=1S/C12H22O6.C10H22O2.C6H10O3/c1(13-3-5-15-7-11-9-17-11)2-14-4-6-16-8-12-10-18-12;11-9-7-5-3-1-2-4-6-8-10-12;1(5-3-8-5)7-2-6-4-9-6/h11-12H,1-10H2;11-12H,1-10H2;5-6H,1-4H2. The van der Waals surface area contributed by atoms with Crippen molar-refractivity contribution in [3.05, 3.63) is 0 Å². The van der Waals surface area contributed by atoms with Gasteiger partial charge < -0.3 is 52.8 Å². The second-order valence-corrected chi connectivity index (χ2v) is 10.0. The van der Waals surface area contributed by atoms with E-state index in [4.69, 9.17) is 52.8 Å². The number of hydrogen-bond acceptors (Lipinski definition) is 11. The minimum Gasteiger partial charge on any atom is -0.396 e. The minimum absolute atomic E-state index is 0.328. The van der Waals surface area contributed by atoms with Crippen molar-refractivity contribution in [3.8, 4) is 0 Å². The Hall–Kier alpha value is -0.440. The van der Waals surface area contributed by atoms with Crippen LogP contribution in [0, 0.1) is 0 Å². The van der Waals surface area contributed by atoms with Gasteiger partial charge in [0.25, 0.3) is 0 Å².